The monoisotopic (exact) mass is 223 g/mol. The van der Waals surface area contributed by atoms with Crippen LogP contribution in [0.2, 0.25) is 0 Å². The highest BCUT2D eigenvalue weighted by molar-refractivity contribution is 7.16. The molecule has 6 heteroatoms. The summed E-state index contributed by atoms with van der Waals surface area (Å²) in [6, 6.07) is 0.416. The molecule has 1 aliphatic rings. The minimum Gasteiger partial charge on any atom is -0.308 e. The van der Waals surface area contributed by atoms with E-state index in [1.807, 2.05) is 0 Å². The Morgan fingerprint density at radius 3 is 3.33 bits per heavy atom. The van der Waals surface area contributed by atoms with Crippen LogP contribution in [0.3, 0.4) is 0 Å². The van der Waals surface area contributed by atoms with Crippen molar-refractivity contribution < 1.29 is 0 Å². The minimum atomic E-state index is 0.416. The Kier molecular flexibility index (Phi) is 2.38. The standard InChI is InChI=1S/C9H13N5S/c1-2-4-7(10-5-3-1)8-13-14-6-11-12-9(14)15-8/h6-7,10H,1-5H2. The van der Waals surface area contributed by atoms with Gasteiger partial charge in [-0.05, 0) is 19.4 Å². The van der Waals surface area contributed by atoms with Crippen LogP contribution in [0.15, 0.2) is 6.33 Å². The fourth-order valence-electron chi connectivity index (χ4n) is 1.96. The summed E-state index contributed by atoms with van der Waals surface area (Å²) < 4.78 is 1.76. The zero-order chi connectivity index (χ0) is 10.1. The Balaban J connectivity index is 1.88. The molecule has 15 heavy (non-hydrogen) atoms. The molecule has 80 valence electrons. The lowest BCUT2D eigenvalue weighted by Crippen LogP contribution is -2.20. The number of nitrogens with zero attached hydrogens (tertiary/aromatic N) is 4. The largest absolute Gasteiger partial charge is 0.308 e. The molecule has 0 aliphatic carbocycles. The van der Waals surface area contributed by atoms with Crippen LogP contribution < -0.4 is 5.32 Å². The van der Waals surface area contributed by atoms with Crippen molar-refractivity contribution in [2.45, 2.75) is 31.7 Å². The van der Waals surface area contributed by atoms with Crippen molar-refractivity contribution in [1.29, 1.82) is 0 Å². The van der Waals surface area contributed by atoms with E-state index in [1.54, 1.807) is 22.2 Å². The summed E-state index contributed by atoms with van der Waals surface area (Å²) in [5.74, 6) is 0. The molecule has 3 rings (SSSR count). The number of hydrogen-bond donors (Lipinski definition) is 1. The molecular formula is C9H13N5S. The third-order valence-corrected chi connectivity index (χ3v) is 3.79. The smallest absolute Gasteiger partial charge is 0.234 e. The van der Waals surface area contributed by atoms with Crippen LogP contribution in [-0.4, -0.2) is 26.4 Å². The Labute approximate surface area is 91.5 Å². The zero-order valence-corrected chi connectivity index (χ0v) is 9.20. The second-order valence-corrected chi connectivity index (χ2v) is 4.84. The van der Waals surface area contributed by atoms with Gasteiger partial charge in [0.2, 0.25) is 4.96 Å². The molecule has 2 aromatic heterocycles. The van der Waals surface area contributed by atoms with Crippen LogP contribution in [0.5, 0.6) is 0 Å². The van der Waals surface area contributed by atoms with E-state index in [1.165, 1.54) is 25.7 Å². The van der Waals surface area contributed by atoms with Gasteiger partial charge in [0.1, 0.15) is 11.3 Å². The van der Waals surface area contributed by atoms with Crippen molar-refractivity contribution in [2.75, 3.05) is 6.54 Å². The average molecular weight is 223 g/mol. The first-order valence-electron chi connectivity index (χ1n) is 5.33. The highest BCUT2D eigenvalue weighted by Gasteiger charge is 2.18. The first-order valence-corrected chi connectivity index (χ1v) is 6.15. The lowest BCUT2D eigenvalue weighted by Gasteiger charge is -2.10. The topological polar surface area (TPSA) is 55.1 Å². The molecule has 0 radical (unpaired) electrons. The lowest BCUT2D eigenvalue weighted by atomic mass is 10.1. The highest BCUT2D eigenvalue weighted by atomic mass is 32.1. The van der Waals surface area contributed by atoms with Crippen LogP contribution >= 0.6 is 11.3 Å². The van der Waals surface area contributed by atoms with Crippen LogP contribution in [0.25, 0.3) is 4.96 Å². The second-order valence-electron chi connectivity index (χ2n) is 3.85. The summed E-state index contributed by atoms with van der Waals surface area (Å²) in [6.07, 6.45) is 6.74. The van der Waals surface area contributed by atoms with Gasteiger partial charge in [0, 0.05) is 0 Å². The molecule has 1 N–H and O–H groups in total. The van der Waals surface area contributed by atoms with Gasteiger partial charge in [-0.25, -0.2) is 0 Å². The third-order valence-electron chi connectivity index (χ3n) is 2.76. The van der Waals surface area contributed by atoms with Crippen molar-refractivity contribution in [1.82, 2.24) is 25.1 Å². The second kappa shape index (κ2) is 3.86. The summed E-state index contributed by atoms with van der Waals surface area (Å²) in [7, 11) is 0. The number of fused-ring (bicyclic) bond motifs is 1. The van der Waals surface area contributed by atoms with Gasteiger partial charge in [-0.15, -0.1) is 10.2 Å². The van der Waals surface area contributed by atoms with Crippen LogP contribution in [0, 0.1) is 0 Å². The predicted molar refractivity (Wildman–Crippen MR) is 57.9 cm³/mol. The first-order chi connectivity index (χ1) is 7.43. The predicted octanol–water partition coefficient (Wildman–Crippen LogP) is 1.39. The Hall–Kier alpha value is -1.01. The molecule has 1 saturated heterocycles. The maximum atomic E-state index is 4.49. The number of hydrogen-bond acceptors (Lipinski definition) is 5. The van der Waals surface area contributed by atoms with Crippen molar-refractivity contribution in [2.24, 2.45) is 0 Å². The van der Waals surface area contributed by atoms with Gasteiger partial charge in [-0.2, -0.15) is 9.61 Å². The maximum absolute atomic E-state index is 4.49. The maximum Gasteiger partial charge on any atom is 0.234 e. The van der Waals surface area contributed by atoms with Crippen molar-refractivity contribution in [3.8, 4) is 0 Å². The lowest BCUT2D eigenvalue weighted by molar-refractivity contribution is 0.526. The van der Waals surface area contributed by atoms with E-state index in [-0.39, 0.29) is 0 Å². The normalized spacial score (nSPS) is 23.1. The van der Waals surface area contributed by atoms with Crippen LogP contribution in [-0.2, 0) is 0 Å². The summed E-state index contributed by atoms with van der Waals surface area (Å²) in [4.78, 5) is 0.885. The third kappa shape index (κ3) is 1.74. The highest BCUT2D eigenvalue weighted by Crippen LogP contribution is 2.25. The van der Waals surface area contributed by atoms with Crippen molar-refractivity contribution in [3.05, 3.63) is 11.3 Å². The number of rotatable bonds is 1. The van der Waals surface area contributed by atoms with Gasteiger partial charge in [-0.3, -0.25) is 0 Å². The molecule has 0 saturated carbocycles. The Morgan fingerprint density at radius 2 is 2.40 bits per heavy atom. The average Bonchev–Trinajstić information content (AvgIpc) is 2.70. The molecule has 0 bridgehead atoms. The molecule has 1 atom stereocenters. The van der Waals surface area contributed by atoms with Gasteiger partial charge < -0.3 is 5.32 Å². The molecule has 1 aliphatic heterocycles. The molecule has 3 heterocycles. The Morgan fingerprint density at radius 1 is 1.40 bits per heavy atom. The molecule has 1 unspecified atom stereocenters. The van der Waals surface area contributed by atoms with Gasteiger partial charge in [-0.1, -0.05) is 24.2 Å². The van der Waals surface area contributed by atoms with Gasteiger partial charge >= 0.3 is 0 Å². The van der Waals surface area contributed by atoms with E-state index < -0.39 is 0 Å². The van der Waals surface area contributed by atoms with E-state index >= 15 is 0 Å². The summed E-state index contributed by atoms with van der Waals surface area (Å²) in [5.41, 5.74) is 0. The molecule has 5 nitrogen and oxygen atoms in total. The number of aromatic nitrogens is 4. The summed E-state index contributed by atoms with van der Waals surface area (Å²) in [5, 5.41) is 17.0. The zero-order valence-electron chi connectivity index (χ0n) is 8.39. The van der Waals surface area contributed by atoms with E-state index in [0.717, 1.165) is 16.5 Å². The number of nitrogens with one attached hydrogen (secondary N) is 1. The first kappa shape index (κ1) is 9.23. The molecular weight excluding hydrogens is 210 g/mol. The molecule has 0 aromatic carbocycles. The quantitative estimate of drug-likeness (QED) is 0.793. The van der Waals surface area contributed by atoms with E-state index in [4.69, 9.17) is 0 Å². The van der Waals surface area contributed by atoms with Gasteiger partial charge in [0.05, 0.1) is 6.04 Å². The van der Waals surface area contributed by atoms with Crippen LogP contribution in [0.1, 0.15) is 36.7 Å². The fourth-order valence-corrected chi connectivity index (χ4v) is 2.88. The summed E-state index contributed by atoms with van der Waals surface area (Å²) >= 11 is 1.64. The van der Waals surface area contributed by atoms with Crippen LogP contribution in [0.4, 0.5) is 0 Å². The molecule has 1 fully saturated rings. The molecule has 0 amide bonds. The Bertz CT molecular complexity index is 411. The molecule has 0 spiro atoms. The van der Waals surface area contributed by atoms with Crippen molar-refractivity contribution >= 4 is 16.3 Å². The van der Waals surface area contributed by atoms with E-state index in [0.29, 0.717) is 6.04 Å². The van der Waals surface area contributed by atoms with E-state index in [9.17, 15) is 0 Å². The molecule has 2 aromatic rings. The fraction of sp³-hybridized carbons (Fsp3) is 0.667. The SMILES string of the molecule is c1nnc2sc(C3CCCCCN3)nn12. The summed E-state index contributed by atoms with van der Waals surface area (Å²) in [6.45, 7) is 1.10. The van der Waals surface area contributed by atoms with E-state index in [2.05, 4.69) is 20.6 Å². The van der Waals surface area contributed by atoms with Gasteiger partial charge in [0.15, 0.2) is 0 Å². The van der Waals surface area contributed by atoms with Gasteiger partial charge in [0.25, 0.3) is 0 Å². The minimum absolute atomic E-state index is 0.416. The van der Waals surface area contributed by atoms with Crippen molar-refractivity contribution in [3.63, 3.8) is 0 Å².